The van der Waals surface area contributed by atoms with Crippen LogP contribution in [-0.4, -0.2) is 36.8 Å². The van der Waals surface area contributed by atoms with E-state index in [1.807, 2.05) is 6.92 Å². The third-order valence-corrected chi connectivity index (χ3v) is 2.40. The van der Waals surface area contributed by atoms with Crippen molar-refractivity contribution < 1.29 is 22.7 Å². The molecule has 128 valence electrons. The second kappa shape index (κ2) is 10.5. The van der Waals surface area contributed by atoms with E-state index < -0.39 is 18.7 Å². The molecular formula is C12H18Cl2F3N3O2. The molecule has 1 aromatic heterocycles. The average Bonchev–Trinajstić information content (AvgIpc) is 2.41. The van der Waals surface area contributed by atoms with E-state index in [-0.39, 0.29) is 42.2 Å². The number of pyridine rings is 1. The van der Waals surface area contributed by atoms with Crippen LogP contribution >= 0.6 is 24.8 Å². The van der Waals surface area contributed by atoms with Crippen LogP contribution in [0.25, 0.3) is 0 Å². The monoisotopic (exact) mass is 363 g/mol. The zero-order valence-corrected chi connectivity index (χ0v) is 13.4. The maximum Gasteiger partial charge on any atom is 0.422 e. The molecule has 0 radical (unpaired) electrons. The number of alkyl halides is 3. The summed E-state index contributed by atoms with van der Waals surface area (Å²) in [6.07, 6.45) is -3.23. The number of hydrogen-bond acceptors (Lipinski definition) is 4. The quantitative estimate of drug-likeness (QED) is 0.811. The van der Waals surface area contributed by atoms with Gasteiger partial charge in [-0.25, -0.2) is 4.98 Å². The number of hydrogen-bond donors (Lipinski definition) is 2. The van der Waals surface area contributed by atoms with Crippen molar-refractivity contribution in [1.29, 1.82) is 0 Å². The number of amides is 1. The molecule has 22 heavy (non-hydrogen) atoms. The minimum atomic E-state index is -4.49. The summed E-state index contributed by atoms with van der Waals surface area (Å²) in [5.41, 5.74) is 5.37. The summed E-state index contributed by atoms with van der Waals surface area (Å²) in [4.78, 5) is 15.5. The van der Waals surface area contributed by atoms with Crippen molar-refractivity contribution in [3.63, 3.8) is 0 Å². The number of nitrogens with one attached hydrogen (secondary N) is 1. The molecule has 5 nitrogen and oxygen atoms in total. The van der Waals surface area contributed by atoms with Crippen LogP contribution in [0.5, 0.6) is 5.88 Å². The number of carbonyl (C=O) groups is 1. The summed E-state index contributed by atoms with van der Waals surface area (Å²) in [7, 11) is 0. The fraction of sp³-hybridized carbons (Fsp3) is 0.500. The SMILES string of the molecule is CC(CN)CNC(=O)c1cccnc1OCC(F)(F)F.Cl.Cl. The van der Waals surface area contributed by atoms with E-state index in [1.54, 1.807) is 0 Å². The van der Waals surface area contributed by atoms with E-state index in [4.69, 9.17) is 5.73 Å². The van der Waals surface area contributed by atoms with Gasteiger partial charge in [0.1, 0.15) is 5.56 Å². The van der Waals surface area contributed by atoms with Gasteiger partial charge in [-0.05, 0) is 24.6 Å². The molecular weight excluding hydrogens is 346 g/mol. The molecule has 0 aromatic carbocycles. The zero-order valence-electron chi connectivity index (χ0n) is 11.7. The van der Waals surface area contributed by atoms with Crippen molar-refractivity contribution in [3.8, 4) is 5.88 Å². The predicted molar refractivity (Wildman–Crippen MR) is 80.8 cm³/mol. The fourth-order valence-corrected chi connectivity index (χ4v) is 1.27. The first kappa shape index (κ1) is 23.0. The van der Waals surface area contributed by atoms with Gasteiger partial charge in [0.2, 0.25) is 5.88 Å². The van der Waals surface area contributed by atoms with Crippen molar-refractivity contribution in [2.75, 3.05) is 19.7 Å². The Bertz CT molecular complexity index is 461. The van der Waals surface area contributed by atoms with Crippen LogP contribution in [0.3, 0.4) is 0 Å². The highest BCUT2D eigenvalue weighted by atomic mass is 35.5. The van der Waals surface area contributed by atoms with Gasteiger partial charge in [0, 0.05) is 12.7 Å². The highest BCUT2D eigenvalue weighted by Gasteiger charge is 2.29. The number of carbonyl (C=O) groups excluding carboxylic acids is 1. The summed E-state index contributed by atoms with van der Waals surface area (Å²) in [5.74, 6) is -0.825. The molecule has 0 spiro atoms. The molecule has 1 amide bonds. The van der Waals surface area contributed by atoms with E-state index in [0.29, 0.717) is 13.1 Å². The second-order valence-electron chi connectivity index (χ2n) is 4.31. The van der Waals surface area contributed by atoms with Crippen LogP contribution in [0.1, 0.15) is 17.3 Å². The maximum absolute atomic E-state index is 12.1. The van der Waals surface area contributed by atoms with Gasteiger partial charge in [-0.15, -0.1) is 24.8 Å². The Morgan fingerprint density at radius 1 is 1.45 bits per heavy atom. The highest BCUT2D eigenvalue weighted by Crippen LogP contribution is 2.19. The van der Waals surface area contributed by atoms with Crippen molar-refractivity contribution >= 4 is 30.7 Å². The van der Waals surface area contributed by atoms with Gasteiger partial charge in [-0.1, -0.05) is 6.92 Å². The van der Waals surface area contributed by atoms with Crippen molar-refractivity contribution in [1.82, 2.24) is 10.3 Å². The lowest BCUT2D eigenvalue weighted by molar-refractivity contribution is -0.154. The summed E-state index contributed by atoms with van der Waals surface area (Å²) in [6.45, 7) is 1.06. The molecule has 10 heteroatoms. The Hall–Kier alpha value is -1.25. The molecule has 1 unspecified atom stereocenters. The van der Waals surface area contributed by atoms with E-state index in [9.17, 15) is 18.0 Å². The Morgan fingerprint density at radius 2 is 2.09 bits per heavy atom. The van der Waals surface area contributed by atoms with Crippen LogP contribution in [0.15, 0.2) is 18.3 Å². The van der Waals surface area contributed by atoms with E-state index >= 15 is 0 Å². The zero-order chi connectivity index (χ0) is 15.2. The molecule has 0 aliphatic carbocycles. The van der Waals surface area contributed by atoms with Gasteiger partial charge < -0.3 is 15.8 Å². The third kappa shape index (κ3) is 8.26. The molecule has 0 aliphatic rings. The van der Waals surface area contributed by atoms with Crippen molar-refractivity contribution in [2.24, 2.45) is 11.7 Å². The Kier molecular flexibility index (Phi) is 11.0. The lowest BCUT2D eigenvalue weighted by atomic mass is 10.2. The molecule has 0 fully saturated rings. The number of halogens is 5. The first-order valence-corrected chi connectivity index (χ1v) is 5.96. The van der Waals surface area contributed by atoms with Gasteiger partial charge in [0.15, 0.2) is 6.61 Å². The smallest absolute Gasteiger partial charge is 0.422 e. The topological polar surface area (TPSA) is 77.2 Å². The molecule has 3 N–H and O–H groups in total. The Labute approximate surface area is 138 Å². The first-order chi connectivity index (χ1) is 9.33. The van der Waals surface area contributed by atoms with Crippen LogP contribution in [0, 0.1) is 5.92 Å². The number of aromatic nitrogens is 1. The van der Waals surface area contributed by atoms with Gasteiger partial charge in [0.25, 0.3) is 5.91 Å². The Balaban J connectivity index is 0. The van der Waals surface area contributed by atoms with E-state index in [1.165, 1.54) is 18.3 Å². The van der Waals surface area contributed by atoms with Gasteiger partial charge in [-0.2, -0.15) is 13.2 Å². The minimum Gasteiger partial charge on any atom is -0.467 e. The number of rotatable bonds is 6. The first-order valence-electron chi connectivity index (χ1n) is 5.96. The molecule has 1 rings (SSSR count). The summed E-state index contributed by atoms with van der Waals surface area (Å²) in [6, 6.07) is 2.79. The normalized spacial score (nSPS) is 11.7. The average molecular weight is 364 g/mol. The molecule has 0 aliphatic heterocycles. The number of nitrogens with two attached hydrogens (primary N) is 1. The maximum atomic E-state index is 12.1. The lowest BCUT2D eigenvalue weighted by Crippen LogP contribution is -2.32. The van der Waals surface area contributed by atoms with E-state index in [0.717, 1.165) is 0 Å². The van der Waals surface area contributed by atoms with Gasteiger partial charge in [0.05, 0.1) is 0 Å². The third-order valence-electron chi connectivity index (χ3n) is 2.40. The molecule has 1 aromatic rings. The van der Waals surface area contributed by atoms with Crippen LogP contribution in [0.2, 0.25) is 0 Å². The standard InChI is InChI=1S/C12H16F3N3O2.2ClH/c1-8(5-16)6-18-10(19)9-3-2-4-17-11(9)20-7-12(13,14)15;;/h2-4,8H,5-7,16H2,1H3,(H,18,19);2*1H. The van der Waals surface area contributed by atoms with Crippen LogP contribution in [-0.2, 0) is 0 Å². The molecule has 0 bridgehead atoms. The lowest BCUT2D eigenvalue weighted by Gasteiger charge is -2.13. The largest absolute Gasteiger partial charge is 0.467 e. The van der Waals surface area contributed by atoms with Crippen molar-refractivity contribution in [2.45, 2.75) is 13.1 Å². The van der Waals surface area contributed by atoms with Gasteiger partial charge in [-0.3, -0.25) is 4.79 Å². The molecule has 0 saturated carbocycles. The predicted octanol–water partition coefficient (Wildman–Crippen LogP) is 2.19. The Morgan fingerprint density at radius 3 is 2.64 bits per heavy atom. The minimum absolute atomic E-state index is 0. The van der Waals surface area contributed by atoms with E-state index in [2.05, 4.69) is 15.0 Å². The molecule has 1 heterocycles. The fourth-order valence-electron chi connectivity index (χ4n) is 1.27. The van der Waals surface area contributed by atoms with Crippen molar-refractivity contribution in [3.05, 3.63) is 23.9 Å². The summed E-state index contributed by atoms with van der Waals surface area (Å²) in [5, 5.41) is 2.57. The number of nitrogens with zero attached hydrogens (tertiary/aromatic N) is 1. The van der Waals surface area contributed by atoms with Crippen LogP contribution in [0.4, 0.5) is 13.2 Å². The van der Waals surface area contributed by atoms with Crippen LogP contribution < -0.4 is 15.8 Å². The number of ether oxygens (including phenoxy) is 1. The summed E-state index contributed by atoms with van der Waals surface area (Å²) < 4.78 is 40.9. The van der Waals surface area contributed by atoms with Gasteiger partial charge >= 0.3 is 6.18 Å². The second-order valence-corrected chi connectivity index (χ2v) is 4.31. The summed E-state index contributed by atoms with van der Waals surface area (Å²) >= 11 is 0. The highest BCUT2D eigenvalue weighted by molar-refractivity contribution is 5.96. The molecule has 1 atom stereocenters. The molecule has 0 saturated heterocycles.